The van der Waals surface area contributed by atoms with Gasteiger partial charge in [0.05, 0.1) is 5.69 Å². The molecule has 2 aliphatic rings. The second kappa shape index (κ2) is 7.81. The summed E-state index contributed by atoms with van der Waals surface area (Å²) in [5, 5.41) is 7.27. The Morgan fingerprint density at radius 1 is 1.28 bits per heavy atom. The lowest BCUT2D eigenvalue weighted by molar-refractivity contribution is 0.169. The van der Waals surface area contributed by atoms with Crippen LogP contribution in [0.4, 0.5) is 26.4 Å². The third-order valence-corrected chi connectivity index (χ3v) is 6.41. The number of hydrogen-bond acceptors (Lipinski definition) is 6. The Morgan fingerprint density at radius 2 is 2.09 bits per heavy atom. The molecule has 0 unspecified atom stereocenters. The van der Waals surface area contributed by atoms with Gasteiger partial charge >= 0.3 is 6.03 Å². The highest BCUT2D eigenvalue weighted by molar-refractivity contribution is 6.00. The summed E-state index contributed by atoms with van der Waals surface area (Å²) in [5.74, 6) is 0.375. The lowest BCUT2D eigenvalue weighted by Crippen LogP contribution is -2.43. The van der Waals surface area contributed by atoms with Crippen LogP contribution in [0.15, 0.2) is 24.5 Å². The highest BCUT2D eigenvalue weighted by atomic mass is 19.1. The van der Waals surface area contributed by atoms with E-state index in [2.05, 4.69) is 20.6 Å². The Kier molecular flexibility index (Phi) is 4.96. The molecule has 1 aliphatic heterocycles. The largest absolute Gasteiger partial charge is 0.474 e. The molecule has 0 spiro atoms. The van der Waals surface area contributed by atoms with Crippen LogP contribution in [-0.2, 0) is 0 Å². The number of amides is 2. The quantitative estimate of drug-likeness (QED) is 0.533. The number of nitrogen functional groups attached to an aromatic ring is 1. The summed E-state index contributed by atoms with van der Waals surface area (Å²) in [6, 6.07) is 3.49. The van der Waals surface area contributed by atoms with Crippen molar-refractivity contribution in [1.82, 2.24) is 14.9 Å². The van der Waals surface area contributed by atoms with Crippen molar-refractivity contribution < 1.29 is 13.9 Å². The van der Waals surface area contributed by atoms with Gasteiger partial charge in [0.15, 0.2) is 5.82 Å². The molecular weight excluding hydrogens is 411 g/mol. The van der Waals surface area contributed by atoms with Gasteiger partial charge in [0, 0.05) is 48.5 Å². The lowest BCUT2D eigenvalue weighted by Gasteiger charge is -2.34. The second-order valence-electron chi connectivity index (χ2n) is 8.32. The Hall–Kier alpha value is -3.62. The maximum atomic E-state index is 15.3. The van der Waals surface area contributed by atoms with E-state index in [1.807, 2.05) is 6.92 Å². The molecule has 0 bridgehead atoms. The number of nitrogens with one attached hydrogen (secondary N) is 2. The van der Waals surface area contributed by atoms with Gasteiger partial charge in [-0.15, -0.1) is 0 Å². The number of carbonyl (C=O) groups is 1. The number of nitrogens with zero attached hydrogens (tertiary/aromatic N) is 3. The summed E-state index contributed by atoms with van der Waals surface area (Å²) in [5.41, 5.74) is 8.70. The Labute approximate surface area is 185 Å². The monoisotopic (exact) mass is 436 g/mol. The predicted molar refractivity (Wildman–Crippen MR) is 122 cm³/mol. The van der Waals surface area contributed by atoms with Crippen LogP contribution in [0.25, 0.3) is 21.9 Å². The van der Waals surface area contributed by atoms with Gasteiger partial charge in [-0.1, -0.05) is 0 Å². The molecule has 8 nitrogen and oxygen atoms in total. The fraction of sp³-hybridized carbons (Fsp3) is 0.348. The number of hydrogen-bond donors (Lipinski definition) is 3. The molecule has 9 heteroatoms. The molecule has 0 radical (unpaired) electrons. The van der Waals surface area contributed by atoms with Crippen LogP contribution in [-0.4, -0.2) is 47.1 Å². The highest BCUT2D eigenvalue weighted by Gasteiger charge is 2.26. The van der Waals surface area contributed by atoms with Crippen molar-refractivity contribution in [3.8, 4) is 17.0 Å². The van der Waals surface area contributed by atoms with Crippen molar-refractivity contribution in [1.29, 1.82) is 0 Å². The topological polar surface area (TPSA) is 105 Å². The smallest absolute Gasteiger partial charge is 0.322 e. The number of pyridine rings is 2. The summed E-state index contributed by atoms with van der Waals surface area (Å²) in [4.78, 5) is 22.9. The van der Waals surface area contributed by atoms with Crippen LogP contribution < -0.4 is 21.1 Å². The van der Waals surface area contributed by atoms with E-state index >= 15 is 4.39 Å². The number of halogens is 1. The first-order valence-electron chi connectivity index (χ1n) is 10.7. The maximum absolute atomic E-state index is 15.3. The third-order valence-electron chi connectivity index (χ3n) is 6.41. The first-order valence-corrected chi connectivity index (χ1v) is 10.7. The molecule has 3 aromatic rings. The van der Waals surface area contributed by atoms with Crippen molar-refractivity contribution in [2.45, 2.75) is 32.2 Å². The minimum absolute atomic E-state index is 0.00999. The molecule has 166 valence electrons. The van der Waals surface area contributed by atoms with Gasteiger partial charge in [0.2, 0.25) is 5.88 Å². The van der Waals surface area contributed by atoms with Gasteiger partial charge in [-0.3, -0.25) is 5.32 Å². The van der Waals surface area contributed by atoms with Crippen LogP contribution in [0, 0.1) is 12.7 Å². The minimum Gasteiger partial charge on any atom is -0.474 e. The van der Waals surface area contributed by atoms with Crippen LogP contribution in [0.3, 0.4) is 0 Å². The van der Waals surface area contributed by atoms with E-state index in [0.29, 0.717) is 46.7 Å². The Bertz CT molecular complexity index is 1230. The number of aromatic nitrogens is 2. The van der Waals surface area contributed by atoms with E-state index in [1.54, 1.807) is 30.3 Å². The van der Waals surface area contributed by atoms with Crippen LogP contribution in [0.5, 0.6) is 5.88 Å². The standard InChI is InChI=1S/C23H25FN6O2/c1-12-16(10-28-22-21(12)26-6-7-32-22)15-8-13-9-18(27-11-17(13)20(25)19(15)24)29-23(31)30(2)14-4-3-5-14/h8-11,14,26H,3-7,25H2,1-2H3,(H,27,29,31). The summed E-state index contributed by atoms with van der Waals surface area (Å²) in [7, 11) is 1.79. The number of anilines is 3. The molecule has 32 heavy (non-hydrogen) atoms. The van der Waals surface area contributed by atoms with E-state index in [1.165, 1.54) is 6.20 Å². The number of ether oxygens (including phenoxy) is 1. The van der Waals surface area contributed by atoms with Gasteiger partial charge in [-0.05, 0) is 49.3 Å². The summed E-state index contributed by atoms with van der Waals surface area (Å²) in [6.07, 6.45) is 6.26. The Balaban J connectivity index is 1.53. The molecule has 4 N–H and O–H groups in total. The summed E-state index contributed by atoms with van der Waals surface area (Å²) in [6.45, 7) is 3.09. The Morgan fingerprint density at radius 3 is 2.84 bits per heavy atom. The number of nitrogens with two attached hydrogens (primary N) is 1. The van der Waals surface area contributed by atoms with E-state index in [0.717, 1.165) is 30.5 Å². The van der Waals surface area contributed by atoms with Crippen molar-refractivity contribution in [3.05, 3.63) is 35.9 Å². The van der Waals surface area contributed by atoms with Gasteiger partial charge < -0.3 is 20.7 Å². The molecule has 1 aliphatic carbocycles. The zero-order valence-corrected chi connectivity index (χ0v) is 18.0. The molecule has 2 amide bonds. The van der Waals surface area contributed by atoms with E-state index in [9.17, 15) is 4.79 Å². The summed E-state index contributed by atoms with van der Waals surface area (Å²) >= 11 is 0. The zero-order valence-electron chi connectivity index (χ0n) is 18.0. The predicted octanol–water partition coefficient (Wildman–Crippen LogP) is 4.15. The third kappa shape index (κ3) is 3.34. The number of rotatable bonds is 3. The number of benzene rings is 1. The molecule has 0 saturated heterocycles. The highest BCUT2D eigenvalue weighted by Crippen LogP contribution is 2.39. The normalized spacial score (nSPS) is 15.3. The first-order chi connectivity index (χ1) is 15.4. The van der Waals surface area contributed by atoms with Crippen molar-refractivity contribution >= 4 is 34.0 Å². The van der Waals surface area contributed by atoms with Gasteiger partial charge in [0.25, 0.3) is 0 Å². The number of fused-ring (bicyclic) bond motifs is 2. The van der Waals surface area contributed by atoms with Crippen LogP contribution in [0.1, 0.15) is 24.8 Å². The SMILES string of the molecule is Cc1c(-c2cc3cc(NC(=O)N(C)C4CCC4)ncc3c(N)c2F)cnc2c1NCCO2. The minimum atomic E-state index is -0.526. The molecular formula is C23H25FN6O2. The van der Waals surface area contributed by atoms with Crippen molar-refractivity contribution in [2.75, 3.05) is 36.6 Å². The van der Waals surface area contributed by atoms with Crippen LogP contribution in [0.2, 0.25) is 0 Å². The van der Waals surface area contributed by atoms with Crippen molar-refractivity contribution in [2.24, 2.45) is 0 Å². The zero-order chi connectivity index (χ0) is 22.4. The average molecular weight is 436 g/mol. The molecule has 5 rings (SSSR count). The van der Waals surface area contributed by atoms with Crippen molar-refractivity contribution in [3.63, 3.8) is 0 Å². The molecule has 2 aromatic heterocycles. The maximum Gasteiger partial charge on any atom is 0.322 e. The molecule has 1 aromatic carbocycles. The average Bonchev–Trinajstić information content (AvgIpc) is 2.75. The van der Waals surface area contributed by atoms with Gasteiger partial charge in [-0.2, -0.15) is 0 Å². The molecule has 0 atom stereocenters. The van der Waals surface area contributed by atoms with Crippen LogP contribution >= 0.6 is 0 Å². The van der Waals surface area contributed by atoms with Gasteiger partial charge in [-0.25, -0.2) is 19.2 Å². The van der Waals surface area contributed by atoms with Gasteiger partial charge in [0.1, 0.15) is 18.1 Å². The lowest BCUT2D eigenvalue weighted by atomic mass is 9.92. The van der Waals surface area contributed by atoms with E-state index < -0.39 is 5.82 Å². The number of urea groups is 1. The molecule has 1 fully saturated rings. The molecule has 1 saturated carbocycles. The first kappa shape index (κ1) is 20.3. The summed E-state index contributed by atoms with van der Waals surface area (Å²) < 4.78 is 20.8. The number of carbonyl (C=O) groups excluding carboxylic acids is 1. The fourth-order valence-electron chi connectivity index (χ4n) is 4.19. The second-order valence-corrected chi connectivity index (χ2v) is 8.32. The fourth-order valence-corrected chi connectivity index (χ4v) is 4.19. The molecule has 3 heterocycles. The van der Waals surface area contributed by atoms with E-state index in [4.69, 9.17) is 10.5 Å². The van der Waals surface area contributed by atoms with E-state index in [-0.39, 0.29) is 17.8 Å².